The molecule has 1 fully saturated rings. The standard InChI is InChI=1S/C13H24N6O/c1-4-12-9-17(7-8-19(12)11(2)3)13(20)5-6-18-10-14-15-16-18/h10-12H,4-9H2,1-3H3/t12-/m0/s1. The molecule has 0 spiro atoms. The highest BCUT2D eigenvalue weighted by Gasteiger charge is 2.29. The van der Waals surface area contributed by atoms with Crippen molar-refractivity contribution in [3.05, 3.63) is 6.33 Å². The van der Waals surface area contributed by atoms with E-state index in [-0.39, 0.29) is 5.91 Å². The van der Waals surface area contributed by atoms with Gasteiger partial charge in [-0.1, -0.05) is 6.92 Å². The van der Waals surface area contributed by atoms with Gasteiger partial charge in [0.2, 0.25) is 5.91 Å². The number of tetrazole rings is 1. The Hall–Kier alpha value is -1.50. The molecule has 7 nitrogen and oxygen atoms in total. The fourth-order valence-corrected chi connectivity index (χ4v) is 2.79. The van der Waals surface area contributed by atoms with Crippen LogP contribution >= 0.6 is 0 Å². The number of carbonyl (C=O) groups is 1. The van der Waals surface area contributed by atoms with Crippen LogP contribution in [0.3, 0.4) is 0 Å². The average Bonchev–Trinajstić information content (AvgIpc) is 2.97. The molecule has 1 atom stereocenters. The topological polar surface area (TPSA) is 67.2 Å². The minimum Gasteiger partial charge on any atom is -0.340 e. The van der Waals surface area contributed by atoms with E-state index in [1.165, 1.54) is 0 Å². The van der Waals surface area contributed by atoms with Crippen molar-refractivity contribution in [2.75, 3.05) is 19.6 Å². The highest BCUT2D eigenvalue weighted by atomic mass is 16.2. The lowest BCUT2D eigenvalue weighted by atomic mass is 10.1. The molecule has 2 rings (SSSR count). The van der Waals surface area contributed by atoms with Crippen molar-refractivity contribution in [1.82, 2.24) is 30.0 Å². The molecule has 1 aromatic heterocycles. The Morgan fingerprint density at radius 3 is 2.80 bits per heavy atom. The van der Waals surface area contributed by atoms with Crippen LogP contribution in [0, 0.1) is 0 Å². The highest BCUT2D eigenvalue weighted by molar-refractivity contribution is 5.76. The summed E-state index contributed by atoms with van der Waals surface area (Å²) in [5.41, 5.74) is 0. The number of carbonyl (C=O) groups excluding carboxylic acids is 1. The number of nitrogens with zero attached hydrogens (tertiary/aromatic N) is 6. The Bertz CT molecular complexity index is 419. The normalized spacial score (nSPS) is 20.6. The number of amides is 1. The van der Waals surface area contributed by atoms with Gasteiger partial charge in [0.1, 0.15) is 6.33 Å². The molecule has 1 amide bonds. The van der Waals surface area contributed by atoms with Crippen LogP contribution in [0.4, 0.5) is 0 Å². The molecule has 0 aromatic carbocycles. The fraction of sp³-hybridized carbons (Fsp3) is 0.846. The van der Waals surface area contributed by atoms with Crippen LogP contribution in [0.25, 0.3) is 0 Å². The van der Waals surface area contributed by atoms with Crippen LogP contribution in [0.1, 0.15) is 33.6 Å². The largest absolute Gasteiger partial charge is 0.340 e. The molecule has 0 saturated carbocycles. The van der Waals surface area contributed by atoms with Crippen LogP contribution in [0.15, 0.2) is 6.33 Å². The molecule has 0 aliphatic carbocycles. The third-order valence-corrected chi connectivity index (χ3v) is 3.96. The van der Waals surface area contributed by atoms with E-state index in [2.05, 4.69) is 41.2 Å². The zero-order valence-corrected chi connectivity index (χ0v) is 12.6. The summed E-state index contributed by atoms with van der Waals surface area (Å²) in [7, 11) is 0. The molecule has 0 N–H and O–H groups in total. The first-order chi connectivity index (χ1) is 9.61. The maximum absolute atomic E-state index is 12.3. The van der Waals surface area contributed by atoms with E-state index in [0.717, 1.165) is 26.1 Å². The third-order valence-electron chi connectivity index (χ3n) is 3.96. The summed E-state index contributed by atoms with van der Waals surface area (Å²) in [4.78, 5) is 16.7. The predicted octanol–water partition coefficient (Wildman–Crippen LogP) is 0.394. The van der Waals surface area contributed by atoms with E-state index in [1.54, 1.807) is 11.0 Å². The van der Waals surface area contributed by atoms with Gasteiger partial charge in [-0.2, -0.15) is 0 Å². The third kappa shape index (κ3) is 3.53. The number of aromatic nitrogens is 4. The Kier molecular flexibility index (Phi) is 5.05. The zero-order chi connectivity index (χ0) is 14.5. The van der Waals surface area contributed by atoms with Crippen LogP contribution in [-0.4, -0.2) is 67.6 Å². The first kappa shape index (κ1) is 14.9. The molecular weight excluding hydrogens is 256 g/mol. The smallest absolute Gasteiger partial charge is 0.224 e. The Labute approximate surface area is 119 Å². The first-order valence-corrected chi connectivity index (χ1v) is 7.36. The molecule has 0 bridgehead atoms. The van der Waals surface area contributed by atoms with Gasteiger partial charge < -0.3 is 4.90 Å². The number of rotatable bonds is 5. The molecule has 1 saturated heterocycles. The predicted molar refractivity (Wildman–Crippen MR) is 74.9 cm³/mol. The van der Waals surface area contributed by atoms with Gasteiger partial charge in [-0.25, -0.2) is 4.68 Å². The second-order valence-electron chi connectivity index (χ2n) is 5.56. The summed E-state index contributed by atoms with van der Waals surface area (Å²) in [5, 5.41) is 10.9. The van der Waals surface area contributed by atoms with Crippen molar-refractivity contribution >= 4 is 5.91 Å². The average molecular weight is 280 g/mol. The number of hydrogen-bond donors (Lipinski definition) is 0. The van der Waals surface area contributed by atoms with Gasteiger partial charge in [0.05, 0.1) is 6.54 Å². The van der Waals surface area contributed by atoms with Gasteiger partial charge in [-0.3, -0.25) is 9.69 Å². The summed E-state index contributed by atoms with van der Waals surface area (Å²) in [6.45, 7) is 9.80. The minimum absolute atomic E-state index is 0.197. The molecule has 112 valence electrons. The lowest BCUT2D eigenvalue weighted by Gasteiger charge is -2.43. The minimum atomic E-state index is 0.197. The van der Waals surface area contributed by atoms with E-state index >= 15 is 0 Å². The molecule has 7 heteroatoms. The van der Waals surface area contributed by atoms with Crippen LogP contribution in [0.5, 0.6) is 0 Å². The summed E-state index contributed by atoms with van der Waals surface area (Å²) in [5.74, 6) is 0.197. The van der Waals surface area contributed by atoms with Gasteiger partial charge in [-0.15, -0.1) is 5.10 Å². The van der Waals surface area contributed by atoms with E-state index in [0.29, 0.717) is 25.0 Å². The second kappa shape index (κ2) is 6.78. The SMILES string of the molecule is CC[C@H]1CN(C(=O)CCn2cnnn2)CCN1C(C)C. The highest BCUT2D eigenvalue weighted by Crippen LogP contribution is 2.16. The molecular formula is C13H24N6O. The Balaban J connectivity index is 1.85. The summed E-state index contributed by atoms with van der Waals surface area (Å²) in [6, 6.07) is 1.01. The van der Waals surface area contributed by atoms with E-state index in [4.69, 9.17) is 0 Å². The van der Waals surface area contributed by atoms with Crippen molar-refractivity contribution in [2.24, 2.45) is 0 Å². The lowest BCUT2D eigenvalue weighted by Crippen LogP contribution is -2.56. The molecule has 2 heterocycles. The molecule has 0 radical (unpaired) electrons. The van der Waals surface area contributed by atoms with Crippen molar-refractivity contribution < 1.29 is 4.79 Å². The van der Waals surface area contributed by atoms with Crippen LogP contribution in [0.2, 0.25) is 0 Å². The molecule has 1 aliphatic rings. The fourth-order valence-electron chi connectivity index (χ4n) is 2.79. The van der Waals surface area contributed by atoms with Gasteiger partial charge in [0.15, 0.2) is 0 Å². The molecule has 1 aliphatic heterocycles. The molecule has 0 unspecified atom stereocenters. The quantitative estimate of drug-likeness (QED) is 0.781. The van der Waals surface area contributed by atoms with E-state index < -0.39 is 0 Å². The maximum atomic E-state index is 12.3. The maximum Gasteiger partial charge on any atom is 0.224 e. The first-order valence-electron chi connectivity index (χ1n) is 7.36. The Morgan fingerprint density at radius 2 is 2.20 bits per heavy atom. The van der Waals surface area contributed by atoms with E-state index in [1.807, 2.05) is 4.90 Å². The summed E-state index contributed by atoms with van der Waals surface area (Å²) >= 11 is 0. The Morgan fingerprint density at radius 1 is 1.40 bits per heavy atom. The summed E-state index contributed by atoms with van der Waals surface area (Å²) in [6.07, 6.45) is 3.08. The van der Waals surface area contributed by atoms with Crippen molar-refractivity contribution in [3.63, 3.8) is 0 Å². The van der Waals surface area contributed by atoms with Crippen molar-refractivity contribution in [3.8, 4) is 0 Å². The van der Waals surface area contributed by atoms with E-state index in [9.17, 15) is 4.79 Å². The van der Waals surface area contributed by atoms with Crippen molar-refractivity contribution in [1.29, 1.82) is 0 Å². The van der Waals surface area contributed by atoms with Gasteiger partial charge in [0, 0.05) is 38.1 Å². The lowest BCUT2D eigenvalue weighted by molar-refractivity contribution is -0.135. The second-order valence-corrected chi connectivity index (χ2v) is 5.56. The molecule has 20 heavy (non-hydrogen) atoms. The monoisotopic (exact) mass is 280 g/mol. The van der Waals surface area contributed by atoms with Crippen LogP contribution in [-0.2, 0) is 11.3 Å². The van der Waals surface area contributed by atoms with Gasteiger partial charge in [0.25, 0.3) is 0 Å². The summed E-state index contributed by atoms with van der Waals surface area (Å²) < 4.78 is 1.60. The van der Waals surface area contributed by atoms with Gasteiger partial charge in [-0.05, 0) is 30.7 Å². The zero-order valence-electron chi connectivity index (χ0n) is 12.6. The number of hydrogen-bond acceptors (Lipinski definition) is 5. The van der Waals surface area contributed by atoms with Crippen LogP contribution < -0.4 is 0 Å². The van der Waals surface area contributed by atoms with Gasteiger partial charge >= 0.3 is 0 Å². The van der Waals surface area contributed by atoms with Crippen molar-refractivity contribution in [2.45, 2.75) is 52.2 Å². The number of piperazine rings is 1. The molecule has 1 aromatic rings. The number of aryl methyl sites for hydroxylation is 1.